The topological polar surface area (TPSA) is 109 Å². The van der Waals surface area contributed by atoms with Crippen molar-refractivity contribution >= 4 is 28.8 Å². The van der Waals surface area contributed by atoms with E-state index in [1.165, 1.54) is 4.90 Å². The van der Waals surface area contributed by atoms with Crippen LogP contribution in [-0.4, -0.2) is 58.3 Å². The molecule has 4 heterocycles. The number of esters is 1. The fraction of sp³-hybridized carbons (Fsp3) is 0.520. The molecule has 1 unspecified atom stereocenters. The summed E-state index contributed by atoms with van der Waals surface area (Å²) in [5.41, 5.74) is 2.94. The Labute approximate surface area is 204 Å². The first-order valence-electron chi connectivity index (χ1n) is 11.9. The smallest absolute Gasteiger partial charge is 0.414 e. The van der Waals surface area contributed by atoms with E-state index in [0.29, 0.717) is 29.6 Å². The average Bonchev–Trinajstić information content (AvgIpc) is 3.37. The Morgan fingerprint density at radius 2 is 1.86 bits per heavy atom. The third-order valence-electron chi connectivity index (χ3n) is 6.07. The second-order valence-corrected chi connectivity index (χ2v) is 8.83. The van der Waals surface area contributed by atoms with Crippen molar-refractivity contribution in [2.45, 2.75) is 65.7 Å². The molecule has 0 aliphatic carbocycles. The van der Waals surface area contributed by atoms with Crippen molar-refractivity contribution in [1.82, 2.24) is 14.8 Å². The van der Waals surface area contributed by atoms with E-state index < -0.39 is 12.1 Å². The van der Waals surface area contributed by atoms with E-state index in [9.17, 15) is 9.59 Å². The normalized spacial score (nSPS) is 20.1. The van der Waals surface area contributed by atoms with Gasteiger partial charge in [0.2, 0.25) is 11.5 Å². The lowest BCUT2D eigenvalue weighted by Crippen LogP contribution is -2.48. The molecule has 4 rings (SSSR count). The van der Waals surface area contributed by atoms with Gasteiger partial charge in [0.25, 0.3) is 0 Å². The van der Waals surface area contributed by atoms with E-state index in [0.717, 1.165) is 11.1 Å². The molecule has 0 aromatic carbocycles. The summed E-state index contributed by atoms with van der Waals surface area (Å²) in [4.78, 5) is 32.6. The van der Waals surface area contributed by atoms with Gasteiger partial charge in [-0.15, -0.1) is 0 Å². The highest BCUT2D eigenvalue weighted by Crippen LogP contribution is 2.40. The Hall–Kier alpha value is -3.40. The van der Waals surface area contributed by atoms with E-state index in [1.54, 1.807) is 24.7 Å². The molecule has 3 aromatic heterocycles. The molecule has 35 heavy (non-hydrogen) atoms. The van der Waals surface area contributed by atoms with Crippen LogP contribution in [0, 0.1) is 6.92 Å². The summed E-state index contributed by atoms with van der Waals surface area (Å²) in [6.45, 7) is 9.61. The standard InChI is InChI=1S/C25H32N4O6/c1-7-32-24(30)22-21(29(25(31)33-8-2)18-9-14(3)34-15(4)10-18)20-11-19(16(5)27-23(20)35-22)17-12-26-28(6)13-17/h11-15,18H,7-10H2,1-6H3/t14-,15+,18?. The molecule has 0 N–H and O–H groups in total. The number of fused-ring (bicyclic) bond motifs is 1. The number of furan rings is 1. The number of carbonyl (C=O) groups excluding carboxylic acids is 2. The van der Waals surface area contributed by atoms with Crippen LogP contribution in [0.1, 0.15) is 56.8 Å². The van der Waals surface area contributed by atoms with Gasteiger partial charge in [-0.1, -0.05) is 0 Å². The molecular weight excluding hydrogens is 452 g/mol. The molecule has 0 bridgehead atoms. The van der Waals surface area contributed by atoms with Crippen molar-refractivity contribution in [3.8, 4) is 11.1 Å². The summed E-state index contributed by atoms with van der Waals surface area (Å²) in [6.07, 6.45) is 4.07. The Kier molecular flexibility index (Phi) is 7.11. The van der Waals surface area contributed by atoms with Crippen LogP contribution in [-0.2, 0) is 21.3 Å². The van der Waals surface area contributed by atoms with Crippen LogP contribution in [0.15, 0.2) is 22.9 Å². The maximum atomic E-state index is 13.4. The molecule has 3 atom stereocenters. The molecule has 1 fully saturated rings. The first-order valence-corrected chi connectivity index (χ1v) is 11.9. The molecule has 1 aliphatic rings. The molecule has 0 saturated carbocycles. The minimum absolute atomic E-state index is 0.0723. The highest BCUT2D eigenvalue weighted by atomic mass is 16.6. The van der Waals surface area contributed by atoms with Gasteiger partial charge in [0.15, 0.2) is 0 Å². The number of aromatic nitrogens is 3. The van der Waals surface area contributed by atoms with Gasteiger partial charge < -0.3 is 18.6 Å². The van der Waals surface area contributed by atoms with Crippen molar-refractivity contribution in [2.24, 2.45) is 7.05 Å². The van der Waals surface area contributed by atoms with E-state index in [-0.39, 0.29) is 42.9 Å². The number of anilines is 1. The van der Waals surface area contributed by atoms with Crippen molar-refractivity contribution < 1.29 is 28.2 Å². The van der Waals surface area contributed by atoms with Crippen molar-refractivity contribution in [3.63, 3.8) is 0 Å². The summed E-state index contributed by atoms with van der Waals surface area (Å²) < 4.78 is 24.3. The van der Waals surface area contributed by atoms with Crippen LogP contribution < -0.4 is 4.90 Å². The summed E-state index contributed by atoms with van der Waals surface area (Å²) in [5, 5.41) is 4.79. The highest BCUT2D eigenvalue weighted by Gasteiger charge is 2.39. The number of pyridine rings is 1. The SMILES string of the molecule is CCOC(=O)c1oc2nc(C)c(-c3cnn(C)c3)cc2c1N(C(=O)OCC)C1C[C@@H](C)O[C@@H](C)C1. The Bertz CT molecular complexity index is 1220. The van der Waals surface area contributed by atoms with Crippen LogP contribution in [0.2, 0.25) is 0 Å². The Morgan fingerprint density at radius 1 is 1.17 bits per heavy atom. The second-order valence-electron chi connectivity index (χ2n) is 8.83. The molecule has 0 spiro atoms. The molecule has 0 radical (unpaired) electrons. The Morgan fingerprint density at radius 3 is 2.46 bits per heavy atom. The van der Waals surface area contributed by atoms with Gasteiger partial charge in [-0.3, -0.25) is 9.58 Å². The summed E-state index contributed by atoms with van der Waals surface area (Å²) in [6, 6.07) is 1.61. The van der Waals surface area contributed by atoms with Crippen LogP contribution in [0.4, 0.5) is 10.5 Å². The van der Waals surface area contributed by atoms with Gasteiger partial charge in [-0.25, -0.2) is 14.6 Å². The molecule has 1 amide bonds. The summed E-state index contributed by atoms with van der Waals surface area (Å²) >= 11 is 0. The van der Waals surface area contributed by atoms with Crippen molar-refractivity contribution in [1.29, 1.82) is 0 Å². The predicted molar refractivity (Wildman–Crippen MR) is 129 cm³/mol. The van der Waals surface area contributed by atoms with E-state index >= 15 is 0 Å². The van der Waals surface area contributed by atoms with Gasteiger partial charge in [0, 0.05) is 36.1 Å². The van der Waals surface area contributed by atoms with Crippen LogP contribution >= 0.6 is 0 Å². The van der Waals surface area contributed by atoms with E-state index in [1.807, 2.05) is 40.1 Å². The number of nitrogens with zero attached hydrogens (tertiary/aromatic N) is 4. The summed E-state index contributed by atoms with van der Waals surface area (Å²) in [7, 11) is 1.84. The lowest BCUT2D eigenvalue weighted by Gasteiger charge is -2.38. The minimum atomic E-state index is -0.663. The lowest BCUT2D eigenvalue weighted by molar-refractivity contribution is -0.0374. The fourth-order valence-corrected chi connectivity index (χ4v) is 4.72. The minimum Gasteiger partial charge on any atom is -0.460 e. The van der Waals surface area contributed by atoms with Crippen molar-refractivity contribution in [2.75, 3.05) is 18.1 Å². The third-order valence-corrected chi connectivity index (χ3v) is 6.07. The van der Waals surface area contributed by atoms with E-state index in [2.05, 4.69) is 10.1 Å². The zero-order valence-corrected chi connectivity index (χ0v) is 21.0. The molecule has 10 nitrogen and oxygen atoms in total. The lowest BCUT2D eigenvalue weighted by atomic mass is 9.97. The second kappa shape index (κ2) is 10.1. The van der Waals surface area contributed by atoms with Crippen LogP contribution in [0.5, 0.6) is 0 Å². The number of aryl methyl sites for hydroxylation is 2. The molecule has 188 valence electrons. The largest absolute Gasteiger partial charge is 0.460 e. The van der Waals surface area contributed by atoms with Gasteiger partial charge in [0.1, 0.15) is 5.69 Å². The predicted octanol–water partition coefficient (Wildman–Crippen LogP) is 4.63. The monoisotopic (exact) mass is 484 g/mol. The quantitative estimate of drug-likeness (QED) is 0.466. The number of rotatable bonds is 6. The zero-order chi connectivity index (χ0) is 25.3. The van der Waals surface area contributed by atoms with Crippen molar-refractivity contribution in [3.05, 3.63) is 29.9 Å². The maximum Gasteiger partial charge on any atom is 0.414 e. The number of carbonyl (C=O) groups is 2. The van der Waals surface area contributed by atoms with Gasteiger partial charge >= 0.3 is 12.1 Å². The molecule has 1 saturated heterocycles. The number of amides is 1. The summed E-state index contributed by atoms with van der Waals surface area (Å²) in [5.74, 6) is -0.736. The zero-order valence-electron chi connectivity index (χ0n) is 21.0. The van der Waals surface area contributed by atoms with Gasteiger partial charge in [-0.05, 0) is 53.5 Å². The van der Waals surface area contributed by atoms with Gasteiger partial charge in [-0.2, -0.15) is 5.10 Å². The first kappa shape index (κ1) is 24.7. The molecular formula is C25H32N4O6. The molecule has 1 aliphatic heterocycles. The fourth-order valence-electron chi connectivity index (χ4n) is 4.72. The Balaban J connectivity index is 1.96. The third kappa shape index (κ3) is 4.88. The number of hydrogen-bond acceptors (Lipinski definition) is 8. The first-order chi connectivity index (χ1) is 16.7. The van der Waals surface area contributed by atoms with Gasteiger partial charge in [0.05, 0.1) is 37.0 Å². The molecule has 10 heteroatoms. The van der Waals surface area contributed by atoms with Crippen LogP contribution in [0.3, 0.4) is 0 Å². The van der Waals surface area contributed by atoms with E-state index in [4.69, 9.17) is 18.6 Å². The average molecular weight is 485 g/mol. The maximum absolute atomic E-state index is 13.4. The molecule has 3 aromatic rings. The highest BCUT2D eigenvalue weighted by molar-refractivity contribution is 6.09. The number of ether oxygens (including phenoxy) is 3. The number of hydrogen-bond donors (Lipinski definition) is 0. The van der Waals surface area contributed by atoms with Crippen LogP contribution in [0.25, 0.3) is 22.2 Å².